The summed E-state index contributed by atoms with van der Waals surface area (Å²) in [5.41, 5.74) is 0. The topological polar surface area (TPSA) is 32.3 Å². The van der Waals surface area contributed by atoms with Crippen molar-refractivity contribution in [1.82, 2.24) is 10.2 Å². The van der Waals surface area contributed by atoms with Crippen LogP contribution >= 0.6 is 11.3 Å². The summed E-state index contributed by atoms with van der Waals surface area (Å²) in [6, 6.07) is 3.39. The summed E-state index contributed by atoms with van der Waals surface area (Å²) in [5.74, 6) is -0.212. The zero-order valence-electron chi connectivity index (χ0n) is 10.1. The molecular weight excluding hydrogens is 258 g/mol. The lowest BCUT2D eigenvalue weighted by atomic mass is 10.2. The maximum Gasteiger partial charge on any atom is 0.255 e. The molecule has 18 heavy (non-hydrogen) atoms. The van der Waals surface area contributed by atoms with E-state index in [2.05, 4.69) is 5.32 Å². The fourth-order valence-corrected chi connectivity index (χ4v) is 3.00. The summed E-state index contributed by atoms with van der Waals surface area (Å²) in [6.07, 6.45) is -1.37. The fourth-order valence-electron chi connectivity index (χ4n) is 2.20. The van der Waals surface area contributed by atoms with Gasteiger partial charge < -0.3 is 4.90 Å². The Morgan fingerprint density at radius 2 is 2.33 bits per heavy atom. The molecule has 2 unspecified atom stereocenters. The Kier molecular flexibility index (Phi) is 4.29. The lowest BCUT2D eigenvalue weighted by molar-refractivity contribution is -0.132. The van der Waals surface area contributed by atoms with Crippen LogP contribution in [0.1, 0.15) is 30.8 Å². The third-order valence-corrected chi connectivity index (χ3v) is 3.90. The summed E-state index contributed by atoms with van der Waals surface area (Å²) in [6.45, 7) is 1.47. The molecule has 1 aliphatic rings. The van der Waals surface area contributed by atoms with Gasteiger partial charge in [0.2, 0.25) is 5.91 Å². The normalized spacial score (nSPS) is 24.2. The molecule has 1 fully saturated rings. The van der Waals surface area contributed by atoms with Crippen molar-refractivity contribution >= 4 is 17.2 Å². The number of alkyl halides is 2. The average Bonchev–Trinajstić information content (AvgIpc) is 2.92. The summed E-state index contributed by atoms with van der Waals surface area (Å²) < 4.78 is 25.1. The van der Waals surface area contributed by atoms with Crippen LogP contribution in [0.25, 0.3) is 0 Å². The second-order valence-electron chi connectivity index (χ2n) is 4.31. The smallest absolute Gasteiger partial charge is 0.255 e. The minimum Gasteiger partial charge on any atom is -0.315 e. The number of nitrogens with one attached hydrogen (secondary N) is 1. The Labute approximate surface area is 109 Å². The molecule has 0 saturated carbocycles. The zero-order valence-corrected chi connectivity index (χ0v) is 10.9. The minimum atomic E-state index is -2.50. The van der Waals surface area contributed by atoms with Crippen LogP contribution in [0.2, 0.25) is 0 Å². The minimum absolute atomic E-state index is 0.212. The predicted molar refractivity (Wildman–Crippen MR) is 66.6 cm³/mol. The van der Waals surface area contributed by atoms with Crippen molar-refractivity contribution in [3.63, 3.8) is 0 Å². The monoisotopic (exact) mass is 274 g/mol. The molecule has 6 heteroatoms. The molecule has 0 radical (unpaired) electrons. The van der Waals surface area contributed by atoms with Crippen molar-refractivity contribution in [2.45, 2.75) is 38.4 Å². The van der Waals surface area contributed by atoms with Crippen LogP contribution in [0, 0.1) is 0 Å². The molecule has 1 amide bonds. The van der Waals surface area contributed by atoms with Crippen molar-refractivity contribution in [3.05, 3.63) is 22.4 Å². The maximum absolute atomic E-state index is 12.6. The van der Waals surface area contributed by atoms with Gasteiger partial charge in [0.05, 0.1) is 12.6 Å². The van der Waals surface area contributed by atoms with Crippen molar-refractivity contribution in [1.29, 1.82) is 0 Å². The standard InChI is InChI=1S/C12H16F2N2OS/c1-2-4-8-12(17)16(7-10(13)14)11(15-8)9-5-3-6-18-9/h3,5-6,8,10-11,15H,2,4,7H2,1H3. The first-order valence-corrected chi connectivity index (χ1v) is 6.89. The van der Waals surface area contributed by atoms with Gasteiger partial charge in [0, 0.05) is 4.88 Å². The highest BCUT2D eigenvalue weighted by atomic mass is 32.1. The Balaban J connectivity index is 2.18. The quantitative estimate of drug-likeness (QED) is 0.895. The van der Waals surface area contributed by atoms with E-state index in [-0.39, 0.29) is 11.9 Å². The first kappa shape index (κ1) is 13.4. The average molecular weight is 274 g/mol. The molecule has 1 aromatic rings. The van der Waals surface area contributed by atoms with Gasteiger partial charge in [0.25, 0.3) is 6.43 Å². The molecule has 1 N–H and O–H groups in total. The van der Waals surface area contributed by atoms with E-state index in [0.29, 0.717) is 6.42 Å². The molecule has 0 bridgehead atoms. The number of halogens is 2. The molecule has 1 aliphatic heterocycles. The predicted octanol–water partition coefficient (Wildman–Crippen LogP) is 2.61. The summed E-state index contributed by atoms with van der Waals surface area (Å²) in [4.78, 5) is 14.2. The lowest BCUT2D eigenvalue weighted by Crippen LogP contribution is -2.34. The third kappa shape index (κ3) is 2.70. The molecular formula is C12H16F2N2OS. The maximum atomic E-state index is 12.6. The van der Waals surface area contributed by atoms with Crippen LogP contribution in [0.15, 0.2) is 17.5 Å². The molecule has 3 nitrogen and oxygen atoms in total. The number of nitrogens with zero attached hydrogens (tertiary/aromatic N) is 1. The molecule has 0 spiro atoms. The van der Waals surface area contributed by atoms with Crippen LogP contribution in [0.3, 0.4) is 0 Å². The van der Waals surface area contributed by atoms with Gasteiger partial charge in [-0.3, -0.25) is 10.1 Å². The fraction of sp³-hybridized carbons (Fsp3) is 0.583. The summed E-state index contributed by atoms with van der Waals surface area (Å²) >= 11 is 1.47. The number of thiophene rings is 1. The number of carbonyl (C=O) groups is 1. The molecule has 2 rings (SSSR count). The molecule has 2 atom stereocenters. The van der Waals surface area contributed by atoms with E-state index >= 15 is 0 Å². The number of rotatable bonds is 5. The molecule has 0 aromatic carbocycles. The van der Waals surface area contributed by atoms with E-state index in [1.807, 2.05) is 24.4 Å². The molecule has 2 heterocycles. The van der Waals surface area contributed by atoms with Crippen LogP contribution in [-0.4, -0.2) is 29.8 Å². The van der Waals surface area contributed by atoms with E-state index in [1.165, 1.54) is 16.2 Å². The van der Waals surface area contributed by atoms with Gasteiger partial charge in [-0.25, -0.2) is 8.78 Å². The van der Waals surface area contributed by atoms with E-state index in [4.69, 9.17) is 0 Å². The Hall–Kier alpha value is -1.01. The first-order valence-electron chi connectivity index (χ1n) is 6.01. The second kappa shape index (κ2) is 5.75. The first-order chi connectivity index (χ1) is 8.63. The van der Waals surface area contributed by atoms with Crippen molar-refractivity contribution in [2.24, 2.45) is 0 Å². The highest BCUT2D eigenvalue weighted by Crippen LogP contribution is 2.30. The van der Waals surface area contributed by atoms with Gasteiger partial charge in [0.1, 0.15) is 6.17 Å². The van der Waals surface area contributed by atoms with Gasteiger partial charge in [0.15, 0.2) is 0 Å². The molecule has 1 aromatic heterocycles. The van der Waals surface area contributed by atoms with Gasteiger partial charge in [-0.2, -0.15) is 0 Å². The highest BCUT2D eigenvalue weighted by molar-refractivity contribution is 7.10. The number of amides is 1. The van der Waals surface area contributed by atoms with Crippen LogP contribution in [-0.2, 0) is 4.79 Å². The zero-order chi connectivity index (χ0) is 13.1. The Bertz CT molecular complexity index is 397. The number of hydrogen-bond acceptors (Lipinski definition) is 3. The van der Waals surface area contributed by atoms with Crippen LogP contribution < -0.4 is 5.32 Å². The molecule has 0 aliphatic carbocycles. The Morgan fingerprint density at radius 3 is 2.89 bits per heavy atom. The highest BCUT2D eigenvalue weighted by Gasteiger charge is 2.40. The SMILES string of the molecule is CCCC1NC(c2cccs2)N(CC(F)F)C1=O. The second-order valence-corrected chi connectivity index (χ2v) is 5.29. The van der Waals surface area contributed by atoms with Crippen molar-refractivity contribution in [3.8, 4) is 0 Å². The molecule has 1 saturated heterocycles. The third-order valence-electron chi connectivity index (χ3n) is 2.98. The van der Waals surface area contributed by atoms with E-state index in [9.17, 15) is 13.6 Å². The number of carbonyl (C=O) groups excluding carboxylic acids is 1. The Morgan fingerprint density at radius 1 is 1.56 bits per heavy atom. The van der Waals surface area contributed by atoms with E-state index in [1.54, 1.807) is 0 Å². The van der Waals surface area contributed by atoms with Gasteiger partial charge >= 0.3 is 0 Å². The lowest BCUT2D eigenvalue weighted by Gasteiger charge is -2.22. The van der Waals surface area contributed by atoms with Crippen LogP contribution in [0.5, 0.6) is 0 Å². The van der Waals surface area contributed by atoms with E-state index < -0.39 is 19.1 Å². The van der Waals surface area contributed by atoms with Crippen LogP contribution in [0.4, 0.5) is 8.78 Å². The van der Waals surface area contributed by atoms with Crippen molar-refractivity contribution in [2.75, 3.05) is 6.54 Å². The van der Waals surface area contributed by atoms with Gasteiger partial charge in [-0.15, -0.1) is 11.3 Å². The summed E-state index contributed by atoms with van der Waals surface area (Å²) in [5, 5.41) is 5.04. The van der Waals surface area contributed by atoms with Gasteiger partial charge in [-0.1, -0.05) is 19.4 Å². The van der Waals surface area contributed by atoms with Gasteiger partial charge in [-0.05, 0) is 17.9 Å². The van der Waals surface area contributed by atoms with E-state index in [0.717, 1.165) is 11.3 Å². The largest absolute Gasteiger partial charge is 0.315 e. The summed E-state index contributed by atoms with van der Waals surface area (Å²) in [7, 11) is 0. The number of hydrogen-bond donors (Lipinski definition) is 1. The molecule has 100 valence electrons. The van der Waals surface area contributed by atoms with Crippen molar-refractivity contribution < 1.29 is 13.6 Å².